The van der Waals surface area contributed by atoms with Crippen LogP contribution in [-0.4, -0.2) is 11.4 Å². The molecular formula is C12H21NS. The standard InChI is InChI=1S/C12H21NS/c1-11(2,3)10(14)6-9-7-12(4,5)8-13-9/h6,13H,7-8H2,1-5H3. The highest BCUT2D eigenvalue weighted by atomic mass is 32.1. The van der Waals surface area contributed by atoms with Crippen molar-refractivity contribution in [3.63, 3.8) is 0 Å². The highest BCUT2D eigenvalue weighted by molar-refractivity contribution is 7.80. The van der Waals surface area contributed by atoms with Crippen LogP contribution in [0.4, 0.5) is 0 Å². The molecule has 80 valence electrons. The molecule has 1 nitrogen and oxygen atoms in total. The molecule has 0 aromatic carbocycles. The summed E-state index contributed by atoms with van der Waals surface area (Å²) < 4.78 is 0. The Morgan fingerprint density at radius 2 is 2.00 bits per heavy atom. The van der Waals surface area contributed by atoms with E-state index in [-0.39, 0.29) is 5.41 Å². The molecule has 14 heavy (non-hydrogen) atoms. The van der Waals surface area contributed by atoms with E-state index >= 15 is 0 Å². The van der Waals surface area contributed by atoms with Gasteiger partial charge in [-0.05, 0) is 23.3 Å². The highest BCUT2D eigenvalue weighted by Gasteiger charge is 2.27. The molecule has 0 unspecified atom stereocenters. The summed E-state index contributed by atoms with van der Waals surface area (Å²) in [6.45, 7) is 12.1. The van der Waals surface area contributed by atoms with Crippen LogP contribution in [0.3, 0.4) is 0 Å². The average Bonchev–Trinajstić information content (AvgIpc) is 2.28. The zero-order valence-electron chi connectivity index (χ0n) is 9.90. The molecule has 1 rings (SSSR count). The van der Waals surface area contributed by atoms with E-state index in [0.717, 1.165) is 17.8 Å². The van der Waals surface area contributed by atoms with E-state index in [1.807, 2.05) is 0 Å². The fourth-order valence-corrected chi connectivity index (χ4v) is 1.61. The van der Waals surface area contributed by atoms with Gasteiger partial charge >= 0.3 is 0 Å². The molecular weight excluding hydrogens is 190 g/mol. The maximum absolute atomic E-state index is 5.39. The molecule has 1 fully saturated rings. The third-order valence-corrected chi connectivity index (χ3v) is 3.24. The molecule has 1 heterocycles. The smallest absolute Gasteiger partial charge is 0.0222 e. The van der Waals surface area contributed by atoms with Crippen LogP contribution in [0.25, 0.3) is 0 Å². The first-order valence-corrected chi connectivity index (χ1v) is 5.60. The average molecular weight is 211 g/mol. The van der Waals surface area contributed by atoms with Crippen molar-refractivity contribution in [3.05, 3.63) is 11.8 Å². The fourth-order valence-electron chi connectivity index (χ4n) is 1.47. The molecule has 2 heteroatoms. The van der Waals surface area contributed by atoms with E-state index < -0.39 is 0 Å². The monoisotopic (exact) mass is 211 g/mol. The van der Waals surface area contributed by atoms with Crippen LogP contribution >= 0.6 is 12.2 Å². The Kier molecular flexibility index (Phi) is 3.05. The summed E-state index contributed by atoms with van der Waals surface area (Å²) >= 11 is 5.39. The fraction of sp³-hybridized carbons (Fsp3) is 0.750. The lowest BCUT2D eigenvalue weighted by atomic mass is 9.89. The number of thiocarbonyl (C=S) groups is 1. The third kappa shape index (κ3) is 3.09. The molecule has 1 aliphatic rings. The SMILES string of the molecule is CC1(C)CNC(=CC(=S)C(C)(C)C)C1. The van der Waals surface area contributed by atoms with Gasteiger partial charge in [-0.2, -0.15) is 0 Å². The van der Waals surface area contributed by atoms with Crippen LogP contribution in [0, 0.1) is 10.8 Å². The van der Waals surface area contributed by atoms with Gasteiger partial charge in [0.1, 0.15) is 0 Å². The van der Waals surface area contributed by atoms with Gasteiger partial charge in [-0.1, -0.05) is 46.8 Å². The van der Waals surface area contributed by atoms with Gasteiger partial charge in [0.15, 0.2) is 0 Å². The summed E-state index contributed by atoms with van der Waals surface area (Å²) in [7, 11) is 0. The molecule has 0 spiro atoms. The van der Waals surface area contributed by atoms with Gasteiger partial charge < -0.3 is 5.32 Å². The predicted octanol–water partition coefficient (Wildman–Crippen LogP) is 3.31. The molecule has 0 radical (unpaired) electrons. The highest BCUT2D eigenvalue weighted by Crippen LogP contribution is 2.30. The second-order valence-corrected chi connectivity index (χ2v) is 6.42. The number of hydrogen-bond acceptors (Lipinski definition) is 2. The normalized spacial score (nSPS) is 23.6. The number of allylic oxidation sites excluding steroid dienone is 2. The van der Waals surface area contributed by atoms with Crippen LogP contribution in [0.5, 0.6) is 0 Å². The minimum Gasteiger partial charge on any atom is -0.388 e. The number of hydrogen-bond donors (Lipinski definition) is 1. The summed E-state index contributed by atoms with van der Waals surface area (Å²) in [5.41, 5.74) is 1.80. The van der Waals surface area contributed by atoms with Crippen molar-refractivity contribution in [2.24, 2.45) is 10.8 Å². The third-order valence-electron chi connectivity index (χ3n) is 2.51. The van der Waals surface area contributed by atoms with Crippen molar-refractivity contribution >= 4 is 17.1 Å². The van der Waals surface area contributed by atoms with Gasteiger partial charge in [0.05, 0.1) is 0 Å². The molecule has 0 aromatic heterocycles. The van der Waals surface area contributed by atoms with Crippen LogP contribution in [0.2, 0.25) is 0 Å². The van der Waals surface area contributed by atoms with E-state index in [9.17, 15) is 0 Å². The Labute approximate surface area is 93.0 Å². The maximum atomic E-state index is 5.39. The Bertz CT molecular complexity index is 269. The molecule has 0 amide bonds. The predicted molar refractivity (Wildman–Crippen MR) is 66.5 cm³/mol. The van der Waals surface area contributed by atoms with Crippen molar-refractivity contribution < 1.29 is 0 Å². The Hall–Kier alpha value is -0.370. The molecule has 1 aliphatic heterocycles. The lowest BCUT2D eigenvalue weighted by Gasteiger charge is -2.17. The van der Waals surface area contributed by atoms with Crippen molar-refractivity contribution in [3.8, 4) is 0 Å². The zero-order valence-corrected chi connectivity index (χ0v) is 10.7. The van der Waals surface area contributed by atoms with Crippen LogP contribution in [-0.2, 0) is 0 Å². The molecule has 1 N–H and O–H groups in total. The first-order valence-electron chi connectivity index (χ1n) is 5.20. The van der Waals surface area contributed by atoms with E-state index in [1.165, 1.54) is 5.70 Å². The van der Waals surface area contributed by atoms with E-state index in [4.69, 9.17) is 12.2 Å². The Balaban J connectivity index is 2.68. The second kappa shape index (κ2) is 3.65. The van der Waals surface area contributed by atoms with E-state index in [2.05, 4.69) is 46.0 Å². The van der Waals surface area contributed by atoms with Gasteiger partial charge in [0.25, 0.3) is 0 Å². The summed E-state index contributed by atoms with van der Waals surface area (Å²) in [5, 5.41) is 3.42. The van der Waals surface area contributed by atoms with Gasteiger partial charge in [-0.3, -0.25) is 0 Å². The maximum Gasteiger partial charge on any atom is 0.0222 e. The minimum atomic E-state index is 0.108. The molecule has 0 aromatic rings. The van der Waals surface area contributed by atoms with Crippen molar-refractivity contribution in [1.82, 2.24) is 5.32 Å². The molecule has 0 aliphatic carbocycles. The first-order chi connectivity index (χ1) is 6.21. The summed E-state index contributed by atoms with van der Waals surface area (Å²) in [4.78, 5) is 1.04. The summed E-state index contributed by atoms with van der Waals surface area (Å²) in [6.07, 6.45) is 3.26. The lowest BCUT2D eigenvalue weighted by Crippen LogP contribution is -2.18. The minimum absolute atomic E-state index is 0.108. The van der Waals surface area contributed by atoms with Crippen LogP contribution in [0.15, 0.2) is 11.8 Å². The van der Waals surface area contributed by atoms with Crippen molar-refractivity contribution in [1.29, 1.82) is 0 Å². The molecule has 0 atom stereocenters. The largest absolute Gasteiger partial charge is 0.388 e. The quantitative estimate of drug-likeness (QED) is 0.527. The van der Waals surface area contributed by atoms with Crippen LogP contribution in [0.1, 0.15) is 41.0 Å². The first kappa shape index (κ1) is 11.7. The summed E-state index contributed by atoms with van der Waals surface area (Å²) in [5.74, 6) is 0. The topological polar surface area (TPSA) is 12.0 Å². The van der Waals surface area contributed by atoms with Crippen molar-refractivity contribution in [2.45, 2.75) is 41.0 Å². The van der Waals surface area contributed by atoms with Gasteiger partial charge in [0.2, 0.25) is 0 Å². The molecule has 1 saturated heterocycles. The van der Waals surface area contributed by atoms with Crippen LogP contribution < -0.4 is 5.32 Å². The number of rotatable bonds is 1. The zero-order chi connectivity index (χ0) is 11.0. The van der Waals surface area contributed by atoms with E-state index in [0.29, 0.717) is 5.41 Å². The Morgan fingerprint density at radius 3 is 2.36 bits per heavy atom. The molecule has 0 bridgehead atoms. The summed E-state index contributed by atoms with van der Waals surface area (Å²) in [6, 6.07) is 0. The van der Waals surface area contributed by atoms with Crippen molar-refractivity contribution in [2.75, 3.05) is 6.54 Å². The lowest BCUT2D eigenvalue weighted by molar-refractivity contribution is 0.417. The second-order valence-electron chi connectivity index (χ2n) is 5.98. The van der Waals surface area contributed by atoms with Gasteiger partial charge in [0, 0.05) is 17.1 Å². The van der Waals surface area contributed by atoms with Gasteiger partial charge in [-0.25, -0.2) is 0 Å². The number of nitrogens with one attached hydrogen (secondary N) is 1. The van der Waals surface area contributed by atoms with E-state index in [1.54, 1.807) is 0 Å². The Morgan fingerprint density at radius 1 is 1.43 bits per heavy atom. The van der Waals surface area contributed by atoms with Gasteiger partial charge in [-0.15, -0.1) is 0 Å². The molecule has 0 saturated carbocycles.